The Morgan fingerprint density at radius 1 is 1.14 bits per heavy atom. The molecule has 0 amide bonds. The van der Waals surface area contributed by atoms with Gasteiger partial charge < -0.3 is 24.5 Å². The van der Waals surface area contributed by atoms with Crippen LogP contribution in [0.4, 0.5) is 11.5 Å². The van der Waals surface area contributed by atoms with E-state index in [0.717, 1.165) is 51.3 Å². The summed E-state index contributed by atoms with van der Waals surface area (Å²) in [7, 11) is 0. The number of benzene rings is 1. The SMILES string of the molecule is CC(C)=CCCC(C)=CCN1CCN(c2ccc(OC[C@H]3CCn4cc([N+](=O)[O-])nc4O3)cc2)CC1. The molecule has 36 heavy (non-hydrogen) atoms. The standard InChI is InChI=1S/C27H37N5O4/c1-21(2)5-4-6-22(3)11-13-29-15-17-30(18-16-29)23-7-9-24(10-8-23)35-20-25-12-14-31-19-26(32(33)34)28-27(31)36-25/h5,7-11,19,25H,4,6,12-18,20H2,1-3H3/t25-/m1/s1. The Bertz CT molecular complexity index is 1080. The molecule has 3 heterocycles. The summed E-state index contributed by atoms with van der Waals surface area (Å²) in [4.78, 5) is 19.3. The van der Waals surface area contributed by atoms with E-state index in [-0.39, 0.29) is 17.9 Å². The Balaban J connectivity index is 1.19. The molecule has 0 aliphatic carbocycles. The second kappa shape index (κ2) is 12.1. The number of fused-ring (bicyclic) bond motifs is 1. The monoisotopic (exact) mass is 495 g/mol. The zero-order valence-corrected chi connectivity index (χ0v) is 21.6. The average molecular weight is 496 g/mol. The molecule has 0 bridgehead atoms. The van der Waals surface area contributed by atoms with Crippen LogP contribution in [0.3, 0.4) is 0 Å². The Labute approximate surface area is 213 Å². The fraction of sp³-hybridized carbons (Fsp3) is 0.519. The lowest BCUT2D eigenvalue weighted by atomic mass is 10.1. The first-order chi connectivity index (χ1) is 17.4. The third-order valence-corrected chi connectivity index (χ3v) is 6.68. The van der Waals surface area contributed by atoms with Crippen LogP contribution in [0.1, 0.15) is 40.0 Å². The van der Waals surface area contributed by atoms with Gasteiger partial charge in [-0.15, -0.1) is 0 Å². The molecule has 0 spiro atoms. The third kappa shape index (κ3) is 7.10. The summed E-state index contributed by atoms with van der Waals surface area (Å²) in [5, 5.41) is 10.9. The number of aryl methyl sites for hydroxylation is 1. The van der Waals surface area contributed by atoms with E-state index in [9.17, 15) is 10.1 Å². The predicted octanol–water partition coefficient (Wildman–Crippen LogP) is 4.84. The maximum absolute atomic E-state index is 10.9. The van der Waals surface area contributed by atoms with Crippen molar-refractivity contribution in [3.63, 3.8) is 0 Å². The van der Waals surface area contributed by atoms with Crippen molar-refractivity contribution in [3.8, 4) is 11.8 Å². The lowest BCUT2D eigenvalue weighted by Gasteiger charge is -2.35. The number of hydrogen-bond acceptors (Lipinski definition) is 7. The summed E-state index contributed by atoms with van der Waals surface area (Å²) in [5.41, 5.74) is 4.06. The smallest absolute Gasteiger partial charge is 0.414 e. The van der Waals surface area contributed by atoms with Crippen LogP contribution in [0.2, 0.25) is 0 Å². The van der Waals surface area contributed by atoms with Gasteiger partial charge in [-0.05, 0) is 62.8 Å². The van der Waals surface area contributed by atoms with Gasteiger partial charge in [-0.2, -0.15) is 0 Å². The summed E-state index contributed by atoms with van der Waals surface area (Å²) in [6.07, 6.45) is 8.90. The second-order valence-electron chi connectivity index (χ2n) is 9.82. The fourth-order valence-electron chi connectivity index (χ4n) is 4.44. The molecule has 0 radical (unpaired) electrons. The van der Waals surface area contributed by atoms with E-state index in [0.29, 0.717) is 19.6 Å². The molecule has 0 N–H and O–H groups in total. The molecular formula is C27H37N5O4. The fourth-order valence-corrected chi connectivity index (χ4v) is 4.44. The highest BCUT2D eigenvalue weighted by atomic mass is 16.6. The minimum atomic E-state index is -0.506. The van der Waals surface area contributed by atoms with Crippen molar-refractivity contribution in [2.45, 2.75) is 52.7 Å². The lowest BCUT2D eigenvalue weighted by Crippen LogP contribution is -2.46. The maximum Gasteiger partial charge on any atom is 0.414 e. The molecule has 2 aliphatic heterocycles. The number of anilines is 1. The molecule has 0 unspecified atom stereocenters. The van der Waals surface area contributed by atoms with Crippen LogP contribution in [0.25, 0.3) is 0 Å². The van der Waals surface area contributed by atoms with E-state index in [1.54, 1.807) is 4.57 Å². The van der Waals surface area contributed by atoms with E-state index in [2.05, 4.69) is 59.8 Å². The molecule has 0 saturated carbocycles. The zero-order chi connectivity index (χ0) is 25.5. The number of imidazole rings is 1. The molecule has 1 saturated heterocycles. The van der Waals surface area contributed by atoms with E-state index >= 15 is 0 Å². The van der Waals surface area contributed by atoms with Gasteiger partial charge in [0.05, 0.1) is 0 Å². The molecular weight excluding hydrogens is 458 g/mol. The van der Waals surface area contributed by atoms with Gasteiger partial charge in [0.25, 0.3) is 0 Å². The van der Waals surface area contributed by atoms with Gasteiger partial charge in [-0.25, -0.2) is 0 Å². The van der Waals surface area contributed by atoms with E-state index < -0.39 is 4.92 Å². The highest BCUT2D eigenvalue weighted by Crippen LogP contribution is 2.25. The van der Waals surface area contributed by atoms with Gasteiger partial charge in [-0.1, -0.05) is 23.3 Å². The van der Waals surface area contributed by atoms with Crippen LogP contribution >= 0.6 is 0 Å². The van der Waals surface area contributed by atoms with Crippen LogP contribution in [-0.2, 0) is 6.54 Å². The normalized spacial score (nSPS) is 18.4. The number of nitro groups is 1. The van der Waals surface area contributed by atoms with Crippen LogP contribution in [0.15, 0.2) is 53.8 Å². The quantitative estimate of drug-likeness (QED) is 0.265. The van der Waals surface area contributed by atoms with Crippen molar-refractivity contribution >= 4 is 11.5 Å². The van der Waals surface area contributed by atoms with E-state index in [4.69, 9.17) is 9.47 Å². The number of piperazine rings is 1. The van der Waals surface area contributed by atoms with Gasteiger partial charge in [-0.3, -0.25) is 9.47 Å². The van der Waals surface area contributed by atoms with E-state index in [1.165, 1.54) is 23.0 Å². The van der Waals surface area contributed by atoms with Crippen molar-refractivity contribution in [1.82, 2.24) is 14.5 Å². The number of rotatable bonds is 10. The first-order valence-electron chi connectivity index (χ1n) is 12.7. The number of allylic oxidation sites excluding steroid dienone is 3. The van der Waals surface area contributed by atoms with Gasteiger partial charge in [0.15, 0.2) is 0 Å². The maximum atomic E-state index is 10.9. The minimum absolute atomic E-state index is 0.183. The largest absolute Gasteiger partial charge is 0.490 e. The van der Waals surface area contributed by atoms with Crippen molar-refractivity contribution < 1.29 is 14.4 Å². The summed E-state index contributed by atoms with van der Waals surface area (Å²) in [6.45, 7) is 12.7. The summed E-state index contributed by atoms with van der Waals surface area (Å²) in [5.74, 6) is 0.597. The number of nitrogens with zero attached hydrogens (tertiary/aromatic N) is 5. The van der Waals surface area contributed by atoms with Crippen molar-refractivity contribution in [2.75, 3.05) is 44.2 Å². The van der Waals surface area contributed by atoms with Gasteiger partial charge in [0.2, 0.25) is 0 Å². The van der Waals surface area contributed by atoms with E-state index in [1.807, 2.05) is 12.1 Å². The van der Waals surface area contributed by atoms with Crippen LogP contribution < -0.4 is 14.4 Å². The Morgan fingerprint density at radius 3 is 2.58 bits per heavy atom. The van der Waals surface area contributed by atoms with Gasteiger partial charge in [0, 0.05) is 56.4 Å². The molecule has 9 heteroatoms. The second-order valence-corrected chi connectivity index (χ2v) is 9.82. The highest BCUT2D eigenvalue weighted by Gasteiger charge is 2.28. The molecule has 1 aromatic carbocycles. The average Bonchev–Trinajstić information content (AvgIpc) is 3.31. The number of aromatic nitrogens is 2. The number of hydrogen-bond donors (Lipinski definition) is 0. The van der Waals surface area contributed by atoms with Crippen molar-refractivity contribution in [3.05, 3.63) is 63.9 Å². The van der Waals surface area contributed by atoms with Crippen molar-refractivity contribution in [1.29, 1.82) is 0 Å². The van der Waals surface area contributed by atoms with Crippen LogP contribution in [0.5, 0.6) is 11.8 Å². The predicted molar refractivity (Wildman–Crippen MR) is 141 cm³/mol. The zero-order valence-electron chi connectivity index (χ0n) is 21.6. The molecule has 2 aliphatic rings. The minimum Gasteiger partial charge on any atom is -0.490 e. The molecule has 1 fully saturated rings. The summed E-state index contributed by atoms with van der Waals surface area (Å²) >= 11 is 0. The van der Waals surface area contributed by atoms with Gasteiger partial charge >= 0.3 is 11.8 Å². The highest BCUT2D eigenvalue weighted by molar-refractivity contribution is 5.49. The van der Waals surface area contributed by atoms with Crippen molar-refractivity contribution in [2.24, 2.45) is 0 Å². The molecule has 4 rings (SSSR count). The lowest BCUT2D eigenvalue weighted by molar-refractivity contribution is -0.389. The first-order valence-corrected chi connectivity index (χ1v) is 12.7. The first kappa shape index (κ1) is 25.8. The molecule has 2 aromatic rings. The summed E-state index contributed by atoms with van der Waals surface area (Å²) < 4.78 is 13.4. The number of ether oxygens (including phenoxy) is 2. The molecule has 1 atom stereocenters. The molecule has 1 aromatic heterocycles. The van der Waals surface area contributed by atoms with Crippen LogP contribution in [0, 0.1) is 10.1 Å². The Kier molecular flexibility index (Phi) is 8.64. The van der Waals surface area contributed by atoms with Gasteiger partial charge in [0.1, 0.15) is 24.7 Å². The van der Waals surface area contributed by atoms with Crippen LogP contribution in [-0.4, -0.2) is 64.8 Å². The Morgan fingerprint density at radius 2 is 1.89 bits per heavy atom. The molecule has 194 valence electrons. The third-order valence-electron chi connectivity index (χ3n) is 6.68. The topological polar surface area (TPSA) is 85.9 Å². The summed E-state index contributed by atoms with van der Waals surface area (Å²) in [6, 6.07) is 8.49. The molecule has 9 nitrogen and oxygen atoms in total. The Hall–Kier alpha value is -3.33.